The Morgan fingerprint density at radius 3 is 2.76 bits per heavy atom. The Labute approximate surface area is 104 Å². The lowest BCUT2D eigenvalue weighted by Crippen LogP contribution is -2.46. The highest BCUT2D eigenvalue weighted by atomic mass is 32.1. The molecule has 1 atom stereocenters. The van der Waals surface area contributed by atoms with Gasteiger partial charge in [0, 0.05) is 18.5 Å². The lowest BCUT2D eigenvalue weighted by molar-refractivity contribution is -0.131. The fourth-order valence-corrected chi connectivity index (χ4v) is 2.40. The smallest absolute Gasteiger partial charge is 0.271 e. The molecule has 1 fully saturated rings. The number of rotatable bonds is 3. The molecule has 0 bridgehead atoms. The van der Waals surface area contributed by atoms with Crippen LogP contribution in [0.1, 0.15) is 30.3 Å². The first-order valence-electron chi connectivity index (χ1n) is 5.66. The van der Waals surface area contributed by atoms with Crippen LogP contribution in [0.15, 0.2) is 10.9 Å². The van der Waals surface area contributed by atoms with Gasteiger partial charge < -0.3 is 10.2 Å². The first kappa shape index (κ1) is 12.0. The number of amides is 2. The van der Waals surface area contributed by atoms with E-state index in [1.54, 1.807) is 22.7 Å². The Morgan fingerprint density at radius 2 is 2.18 bits per heavy atom. The molecule has 17 heavy (non-hydrogen) atoms. The van der Waals surface area contributed by atoms with Crippen LogP contribution in [0, 0.1) is 0 Å². The second-order valence-electron chi connectivity index (χ2n) is 4.10. The molecule has 1 unspecified atom stereocenters. The van der Waals surface area contributed by atoms with Gasteiger partial charge in [0.25, 0.3) is 5.91 Å². The van der Waals surface area contributed by atoms with Crippen molar-refractivity contribution in [2.75, 3.05) is 13.1 Å². The molecule has 1 aliphatic rings. The summed E-state index contributed by atoms with van der Waals surface area (Å²) in [7, 11) is 0. The highest BCUT2D eigenvalue weighted by Gasteiger charge is 2.24. The Balaban J connectivity index is 1.90. The normalized spacial score (nSPS) is 16.9. The van der Waals surface area contributed by atoms with Gasteiger partial charge in [0.2, 0.25) is 5.91 Å². The van der Waals surface area contributed by atoms with E-state index >= 15 is 0 Å². The lowest BCUT2D eigenvalue weighted by Gasteiger charge is -2.20. The van der Waals surface area contributed by atoms with Gasteiger partial charge >= 0.3 is 0 Å². The van der Waals surface area contributed by atoms with Crippen LogP contribution in [-0.2, 0) is 4.79 Å². The third kappa shape index (κ3) is 2.82. The molecule has 1 aromatic rings. The molecule has 0 radical (unpaired) electrons. The van der Waals surface area contributed by atoms with Crippen molar-refractivity contribution in [3.05, 3.63) is 16.6 Å². The van der Waals surface area contributed by atoms with Gasteiger partial charge in [-0.25, -0.2) is 4.98 Å². The van der Waals surface area contributed by atoms with Crippen molar-refractivity contribution in [1.29, 1.82) is 0 Å². The van der Waals surface area contributed by atoms with Gasteiger partial charge in [-0.15, -0.1) is 11.3 Å². The molecular weight excluding hydrogens is 238 g/mol. The number of nitrogens with zero attached hydrogens (tertiary/aromatic N) is 2. The van der Waals surface area contributed by atoms with Crippen LogP contribution >= 0.6 is 11.3 Å². The van der Waals surface area contributed by atoms with Crippen molar-refractivity contribution in [3.63, 3.8) is 0 Å². The summed E-state index contributed by atoms with van der Waals surface area (Å²) in [6.07, 6.45) is 2.11. The second kappa shape index (κ2) is 5.27. The van der Waals surface area contributed by atoms with Gasteiger partial charge in [-0.05, 0) is 19.8 Å². The van der Waals surface area contributed by atoms with E-state index in [1.165, 1.54) is 11.3 Å². The van der Waals surface area contributed by atoms with Crippen molar-refractivity contribution in [2.24, 2.45) is 0 Å². The van der Waals surface area contributed by atoms with Gasteiger partial charge in [0.1, 0.15) is 11.7 Å². The van der Waals surface area contributed by atoms with Crippen LogP contribution in [0.2, 0.25) is 0 Å². The first-order valence-corrected chi connectivity index (χ1v) is 6.60. The molecule has 0 aliphatic carbocycles. The minimum atomic E-state index is -0.484. The third-order valence-corrected chi connectivity index (χ3v) is 3.39. The fraction of sp³-hybridized carbons (Fsp3) is 0.545. The number of hydrogen-bond acceptors (Lipinski definition) is 4. The highest BCUT2D eigenvalue weighted by molar-refractivity contribution is 7.07. The summed E-state index contributed by atoms with van der Waals surface area (Å²) in [5.41, 5.74) is 1.97. The molecule has 1 saturated heterocycles. The molecule has 1 aliphatic heterocycles. The lowest BCUT2D eigenvalue weighted by atomic mass is 10.3. The Morgan fingerprint density at radius 1 is 1.47 bits per heavy atom. The number of likely N-dealkylation sites (tertiary alicyclic amines) is 1. The summed E-state index contributed by atoms with van der Waals surface area (Å²) in [6, 6.07) is -0.484. The number of hydrogen-bond donors (Lipinski definition) is 1. The van der Waals surface area contributed by atoms with Crippen molar-refractivity contribution in [2.45, 2.75) is 25.8 Å². The van der Waals surface area contributed by atoms with Crippen LogP contribution in [0.25, 0.3) is 0 Å². The minimum absolute atomic E-state index is 0.00826. The van der Waals surface area contributed by atoms with Crippen molar-refractivity contribution in [1.82, 2.24) is 15.2 Å². The number of nitrogens with one attached hydrogen (secondary N) is 1. The monoisotopic (exact) mass is 253 g/mol. The molecule has 0 aromatic carbocycles. The predicted molar refractivity (Wildman–Crippen MR) is 64.9 cm³/mol. The average Bonchev–Trinajstić information content (AvgIpc) is 3.00. The molecule has 2 rings (SSSR count). The number of carbonyl (C=O) groups is 2. The van der Waals surface area contributed by atoms with Gasteiger partial charge in [-0.1, -0.05) is 0 Å². The summed E-state index contributed by atoms with van der Waals surface area (Å²) >= 11 is 1.36. The summed E-state index contributed by atoms with van der Waals surface area (Å²) in [5.74, 6) is -0.294. The van der Waals surface area contributed by atoms with Gasteiger partial charge in [-0.3, -0.25) is 9.59 Å². The van der Waals surface area contributed by atoms with Gasteiger partial charge in [-0.2, -0.15) is 0 Å². The maximum Gasteiger partial charge on any atom is 0.271 e. The second-order valence-corrected chi connectivity index (χ2v) is 4.82. The third-order valence-electron chi connectivity index (χ3n) is 2.80. The fourth-order valence-electron chi connectivity index (χ4n) is 1.87. The molecule has 5 nitrogen and oxygen atoms in total. The van der Waals surface area contributed by atoms with Gasteiger partial charge in [0.15, 0.2) is 0 Å². The molecule has 6 heteroatoms. The zero-order valence-electron chi connectivity index (χ0n) is 9.68. The summed E-state index contributed by atoms with van der Waals surface area (Å²) in [4.78, 5) is 29.3. The first-order chi connectivity index (χ1) is 8.18. The quantitative estimate of drug-likeness (QED) is 0.870. The maximum absolute atomic E-state index is 11.9. The minimum Gasteiger partial charge on any atom is -0.341 e. The van der Waals surface area contributed by atoms with Crippen LogP contribution in [0.3, 0.4) is 0 Å². The number of thiazole rings is 1. The van der Waals surface area contributed by atoms with E-state index in [0.717, 1.165) is 25.9 Å². The number of aromatic nitrogens is 1. The van der Waals surface area contributed by atoms with E-state index in [2.05, 4.69) is 10.3 Å². The van der Waals surface area contributed by atoms with E-state index in [4.69, 9.17) is 0 Å². The zero-order chi connectivity index (χ0) is 12.3. The molecule has 0 saturated carbocycles. The SMILES string of the molecule is CC(NC(=O)c1cscn1)C(=O)N1CCCC1. The summed E-state index contributed by atoms with van der Waals surface area (Å²) < 4.78 is 0. The molecule has 2 heterocycles. The summed E-state index contributed by atoms with van der Waals surface area (Å²) in [5, 5.41) is 4.34. The molecule has 0 spiro atoms. The van der Waals surface area contributed by atoms with E-state index in [-0.39, 0.29) is 11.8 Å². The van der Waals surface area contributed by atoms with Crippen molar-refractivity contribution >= 4 is 23.2 Å². The Bertz CT molecular complexity index is 399. The van der Waals surface area contributed by atoms with Crippen LogP contribution in [0.5, 0.6) is 0 Å². The van der Waals surface area contributed by atoms with E-state index in [9.17, 15) is 9.59 Å². The Hall–Kier alpha value is -1.43. The summed E-state index contributed by atoms with van der Waals surface area (Å²) in [6.45, 7) is 3.32. The highest BCUT2D eigenvalue weighted by Crippen LogP contribution is 2.09. The molecule has 1 N–H and O–H groups in total. The van der Waals surface area contributed by atoms with Gasteiger partial charge in [0.05, 0.1) is 5.51 Å². The largest absolute Gasteiger partial charge is 0.341 e. The van der Waals surface area contributed by atoms with E-state index in [0.29, 0.717) is 5.69 Å². The standard InChI is InChI=1S/C11H15N3O2S/c1-8(11(16)14-4-2-3-5-14)13-10(15)9-6-17-7-12-9/h6-8H,2-5H2,1H3,(H,13,15). The van der Waals surface area contributed by atoms with E-state index in [1.807, 2.05) is 0 Å². The topological polar surface area (TPSA) is 62.3 Å². The molecule has 92 valence electrons. The van der Waals surface area contributed by atoms with Crippen LogP contribution in [0.4, 0.5) is 0 Å². The van der Waals surface area contributed by atoms with Crippen LogP contribution in [-0.4, -0.2) is 40.8 Å². The van der Waals surface area contributed by atoms with E-state index < -0.39 is 6.04 Å². The van der Waals surface area contributed by atoms with Crippen LogP contribution < -0.4 is 5.32 Å². The predicted octanol–water partition coefficient (Wildman–Crippen LogP) is 0.884. The zero-order valence-corrected chi connectivity index (χ0v) is 10.5. The Kier molecular flexibility index (Phi) is 3.73. The molecular formula is C11H15N3O2S. The molecule has 1 aromatic heterocycles. The number of carbonyl (C=O) groups excluding carboxylic acids is 2. The molecule has 2 amide bonds. The maximum atomic E-state index is 11.9. The average molecular weight is 253 g/mol. The van der Waals surface area contributed by atoms with Crippen molar-refractivity contribution in [3.8, 4) is 0 Å². The van der Waals surface area contributed by atoms with Crippen molar-refractivity contribution < 1.29 is 9.59 Å².